The van der Waals surface area contributed by atoms with E-state index in [0.717, 1.165) is 16.9 Å². The quantitative estimate of drug-likeness (QED) is 0.811. The second kappa shape index (κ2) is 7.89. The van der Waals surface area contributed by atoms with E-state index in [1.165, 1.54) is 7.11 Å². The molecular weight excluding hydrogens is 338 g/mol. The molecule has 0 fully saturated rings. The van der Waals surface area contributed by atoms with Gasteiger partial charge in [-0.1, -0.05) is 32.0 Å². The van der Waals surface area contributed by atoms with Crippen molar-refractivity contribution >= 4 is 10.0 Å². The van der Waals surface area contributed by atoms with Gasteiger partial charge in [-0.15, -0.1) is 0 Å². The van der Waals surface area contributed by atoms with E-state index in [0.29, 0.717) is 5.75 Å². The molecule has 2 rings (SSSR count). The fourth-order valence-electron chi connectivity index (χ4n) is 2.52. The summed E-state index contributed by atoms with van der Waals surface area (Å²) >= 11 is 0. The van der Waals surface area contributed by atoms with Crippen molar-refractivity contribution in [3.63, 3.8) is 0 Å². The van der Waals surface area contributed by atoms with E-state index in [2.05, 4.69) is 4.72 Å². The zero-order valence-corrected chi connectivity index (χ0v) is 16.1. The number of hydrogen-bond donors (Lipinski definition) is 1. The summed E-state index contributed by atoms with van der Waals surface area (Å²) in [5, 5.41) is 0. The van der Waals surface area contributed by atoms with Gasteiger partial charge in [-0.3, -0.25) is 0 Å². The van der Waals surface area contributed by atoms with Crippen molar-refractivity contribution in [2.45, 2.75) is 37.6 Å². The third kappa shape index (κ3) is 4.52. The Kier molecular flexibility index (Phi) is 6.08. The van der Waals surface area contributed by atoms with Crippen LogP contribution in [0, 0.1) is 0 Å². The van der Waals surface area contributed by atoms with Crippen molar-refractivity contribution in [2.24, 2.45) is 0 Å². The Morgan fingerprint density at radius 2 is 1.48 bits per heavy atom. The molecule has 0 saturated carbocycles. The van der Waals surface area contributed by atoms with Crippen LogP contribution >= 0.6 is 0 Å². The molecule has 0 aromatic heterocycles. The Balaban J connectivity index is 2.32. The number of benzene rings is 2. The summed E-state index contributed by atoms with van der Waals surface area (Å²) in [6.07, 6.45) is 0. The van der Waals surface area contributed by atoms with E-state index in [-0.39, 0.29) is 16.9 Å². The zero-order chi connectivity index (χ0) is 18.6. The molecular formula is C19H25NO4S. The van der Waals surface area contributed by atoms with Crippen LogP contribution in [0.4, 0.5) is 0 Å². The normalized spacial score (nSPS) is 12.9. The van der Waals surface area contributed by atoms with Crippen LogP contribution in [0.1, 0.15) is 43.9 Å². The molecule has 0 amide bonds. The van der Waals surface area contributed by atoms with E-state index in [4.69, 9.17) is 9.47 Å². The van der Waals surface area contributed by atoms with Crippen molar-refractivity contribution in [1.29, 1.82) is 0 Å². The van der Waals surface area contributed by atoms with Gasteiger partial charge < -0.3 is 9.47 Å². The Morgan fingerprint density at radius 3 is 2.00 bits per heavy atom. The van der Waals surface area contributed by atoms with Crippen LogP contribution in [0.15, 0.2) is 47.4 Å². The minimum Gasteiger partial charge on any atom is -0.497 e. The first-order chi connectivity index (χ1) is 11.8. The van der Waals surface area contributed by atoms with E-state index in [1.807, 2.05) is 32.0 Å². The van der Waals surface area contributed by atoms with E-state index in [9.17, 15) is 8.42 Å². The summed E-state index contributed by atoms with van der Waals surface area (Å²) in [6.45, 7) is 5.84. The standard InChI is InChI=1S/C19H25NO4S/c1-13(2)16-8-11-18(24-5)19(12-16)25(21,22)20-14(3)15-6-9-17(23-4)10-7-15/h6-14,20H,1-5H3/t14-/m1/s1. The highest BCUT2D eigenvalue weighted by atomic mass is 32.2. The second-order valence-corrected chi connectivity index (χ2v) is 7.86. The number of rotatable bonds is 7. The first-order valence-corrected chi connectivity index (χ1v) is 9.61. The van der Waals surface area contributed by atoms with Gasteiger partial charge in [-0.2, -0.15) is 0 Å². The lowest BCUT2D eigenvalue weighted by Crippen LogP contribution is -2.27. The fraction of sp³-hybridized carbons (Fsp3) is 0.368. The van der Waals surface area contributed by atoms with Gasteiger partial charge in [0.1, 0.15) is 16.4 Å². The number of hydrogen-bond acceptors (Lipinski definition) is 4. The van der Waals surface area contributed by atoms with Crippen LogP contribution in [0.25, 0.3) is 0 Å². The molecule has 0 aliphatic heterocycles. The second-order valence-electron chi connectivity index (χ2n) is 6.18. The molecule has 0 radical (unpaired) electrons. The number of sulfonamides is 1. The highest BCUT2D eigenvalue weighted by molar-refractivity contribution is 7.89. The largest absolute Gasteiger partial charge is 0.497 e. The van der Waals surface area contributed by atoms with Crippen LogP contribution in [-0.4, -0.2) is 22.6 Å². The van der Waals surface area contributed by atoms with Crippen LogP contribution in [0.2, 0.25) is 0 Å². The first kappa shape index (κ1) is 19.3. The molecule has 0 saturated heterocycles. The van der Waals surface area contributed by atoms with Gasteiger partial charge in [-0.25, -0.2) is 13.1 Å². The van der Waals surface area contributed by atoms with Gasteiger partial charge in [0.25, 0.3) is 0 Å². The van der Waals surface area contributed by atoms with Crippen molar-refractivity contribution in [2.75, 3.05) is 14.2 Å². The van der Waals surface area contributed by atoms with Gasteiger partial charge in [0.2, 0.25) is 10.0 Å². The lowest BCUT2D eigenvalue weighted by Gasteiger charge is -2.18. The Bertz CT molecular complexity index is 814. The Hall–Kier alpha value is -2.05. The highest BCUT2D eigenvalue weighted by Gasteiger charge is 2.23. The number of ether oxygens (including phenoxy) is 2. The molecule has 0 aliphatic carbocycles. The maximum absolute atomic E-state index is 12.9. The Morgan fingerprint density at radius 1 is 0.880 bits per heavy atom. The van der Waals surface area contributed by atoms with Crippen LogP contribution in [-0.2, 0) is 10.0 Å². The molecule has 136 valence electrons. The summed E-state index contributed by atoms with van der Waals surface area (Å²) in [7, 11) is -0.667. The van der Waals surface area contributed by atoms with Crippen molar-refractivity contribution < 1.29 is 17.9 Å². The molecule has 2 aromatic carbocycles. The molecule has 0 aliphatic rings. The number of nitrogens with one attached hydrogen (secondary N) is 1. The maximum Gasteiger partial charge on any atom is 0.244 e. The topological polar surface area (TPSA) is 64.6 Å². The predicted molar refractivity (Wildman–Crippen MR) is 98.8 cm³/mol. The lowest BCUT2D eigenvalue weighted by atomic mass is 10.0. The third-order valence-corrected chi connectivity index (χ3v) is 5.65. The minimum atomic E-state index is -3.73. The van der Waals surface area contributed by atoms with Gasteiger partial charge in [-0.05, 0) is 48.2 Å². The predicted octanol–water partition coefficient (Wildman–Crippen LogP) is 3.87. The molecule has 0 bridgehead atoms. The molecule has 0 unspecified atom stereocenters. The summed E-state index contributed by atoms with van der Waals surface area (Å²) < 4.78 is 38.9. The summed E-state index contributed by atoms with van der Waals surface area (Å²) in [5.74, 6) is 1.28. The summed E-state index contributed by atoms with van der Waals surface area (Å²) in [6, 6.07) is 12.2. The van der Waals surface area contributed by atoms with Crippen LogP contribution in [0.3, 0.4) is 0 Å². The minimum absolute atomic E-state index is 0.154. The monoisotopic (exact) mass is 363 g/mol. The lowest BCUT2D eigenvalue weighted by molar-refractivity contribution is 0.401. The molecule has 0 spiro atoms. The van der Waals surface area contributed by atoms with Crippen LogP contribution in [0.5, 0.6) is 11.5 Å². The third-order valence-electron chi connectivity index (χ3n) is 4.09. The Labute approximate surface area is 150 Å². The summed E-state index contributed by atoms with van der Waals surface area (Å²) in [5.41, 5.74) is 1.79. The number of methoxy groups -OCH3 is 2. The van der Waals surface area contributed by atoms with Crippen molar-refractivity contribution in [3.05, 3.63) is 53.6 Å². The average Bonchev–Trinajstić information content (AvgIpc) is 2.60. The smallest absolute Gasteiger partial charge is 0.244 e. The fourth-order valence-corrected chi connectivity index (χ4v) is 3.96. The molecule has 2 aromatic rings. The molecule has 1 N–H and O–H groups in total. The van der Waals surface area contributed by atoms with Gasteiger partial charge in [0.15, 0.2) is 0 Å². The average molecular weight is 363 g/mol. The molecule has 1 atom stereocenters. The maximum atomic E-state index is 12.9. The highest BCUT2D eigenvalue weighted by Crippen LogP contribution is 2.29. The van der Waals surface area contributed by atoms with E-state index >= 15 is 0 Å². The van der Waals surface area contributed by atoms with Crippen molar-refractivity contribution in [1.82, 2.24) is 4.72 Å². The van der Waals surface area contributed by atoms with Gasteiger partial charge >= 0.3 is 0 Å². The SMILES string of the molecule is COc1ccc([C@@H](C)NS(=O)(=O)c2cc(C(C)C)ccc2OC)cc1. The van der Waals surface area contributed by atoms with E-state index in [1.54, 1.807) is 38.3 Å². The first-order valence-electron chi connectivity index (χ1n) is 8.12. The van der Waals surface area contributed by atoms with Gasteiger partial charge in [0.05, 0.1) is 14.2 Å². The molecule has 0 heterocycles. The van der Waals surface area contributed by atoms with E-state index < -0.39 is 10.0 Å². The van der Waals surface area contributed by atoms with Crippen LogP contribution < -0.4 is 14.2 Å². The molecule has 25 heavy (non-hydrogen) atoms. The molecule has 5 nitrogen and oxygen atoms in total. The summed E-state index contributed by atoms with van der Waals surface area (Å²) in [4.78, 5) is 0.154. The van der Waals surface area contributed by atoms with Gasteiger partial charge in [0, 0.05) is 6.04 Å². The zero-order valence-electron chi connectivity index (χ0n) is 15.2. The van der Waals surface area contributed by atoms with Crippen molar-refractivity contribution in [3.8, 4) is 11.5 Å². The molecule has 6 heteroatoms.